The topological polar surface area (TPSA) is 38.8 Å². The molecule has 1 aromatic rings. The molecule has 5 nitrogen and oxygen atoms in total. The predicted octanol–water partition coefficient (Wildman–Crippen LogP) is 2.66. The van der Waals surface area contributed by atoms with Gasteiger partial charge in [0.1, 0.15) is 11.6 Å². The Morgan fingerprint density at radius 2 is 1.70 bits per heavy atom. The lowest BCUT2D eigenvalue weighted by molar-refractivity contribution is 0.131. The van der Waals surface area contributed by atoms with E-state index >= 15 is 0 Å². The molecule has 0 aliphatic carbocycles. The van der Waals surface area contributed by atoms with Crippen LogP contribution in [0.5, 0.6) is 0 Å². The lowest BCUT2D eigenvalue weighted by Crippen LogP contribution is -2.53. The van der Waals surface area contributed by atoms with Crippen LogP contribution in [0.1, 0.15) is 32.8 Å². The molecule has 2 fully saturated rings. The smallest absolute Gasteiger partial charge is 0.317 e. The number of nitrogens with one attached hydrogen (secondary N) is 1. The highest BCUT2D eigenvalue weighted by atomic mass is 19.1. The second kappa shape index (κ2) is 8.10. The van der Waals surface area contributed by atoms with E-state index in [0.717, 1.165) is 25.6 Å². The van der Waals surface area contributed by atoms with Crippen molar-refractivity contribution in [2.24, 2.45) is 0 Å². The molecule has 27 heavy (non-hydrogen) atoms. The van der Waals surface area contributed by atoms with Gasteiger partial charge in [0.2, 0.25) is 0 Å². The zero-order valence-corrected chi connectivity index (χ0v) is 16.5. The van der Waals surface area contributed by atoms with E-state index in [4.69, 9.17) is 0 Å². The first-order valence-corrected chi connectivity index (χ1v) is 9.68. The molecule has 1 atom stereocenters. The molecule has 0 saturated carbocycles. The van der Waals surface area contributed by atoms with Crippen LogP contribution in [0.4, 0.5) is 13.6 Å². The summed E-state index contributed by atoms with van der Waals surface area (Å²) in [6.07, 6.45) is 0.980. The molecule has 1 N–H and O–H groups in total. The van der Waals surface area contributed by atoms with Crippen molar-refractivity contribution in [3.8, 4) is 0 Å². The van der Waals surface area contributed by atoms with Gasteiger partial charge in [0.15, 0.2) is 0 Å². The number of carbonyl (C=O) groups is 1. The van der Waals surface area contributed by atoms with Crippen LogP contribution < -0.4 is 5.32 Å². The largest absolute Gasteiger partial charge is 0.334 e. The Kier molecular flexibility index (Phi) is 6.01. The molecule has 0 aromatic heterocycles. The van der Waals surface area contributed by atoms with Crippen LogP contribution in [0, 0.1) is 11.6 Å². The van der Waals surface area contributed by atoms with Gasteiger partial charge in [-0.3, -0.25) is 9.80 Å². The van der Waals surface area contributed by atoms with Gasteiger partial charge in [-0.05, 0) is 44.9 Å². The maximum atomic E-state index is 13.3. The van der Waals surface area contributed by atoms with Gasteiger partial charge in [-0.25, -0.2) is 13.6 Å². The number of piperazine rings is 1. The summed E-state index contributed by atoms with van der Waals surface area (Å²) in [7, 11) is 0. The Morgan fingerprint density at radius 3 is 2.26 bits per heavy atom. The second-order valence-electron chi connectivity index (χ2n) is 8.59. The van der Waals surface area contributed by atoms with Crippen LogP contribution in [-0.2, 0) is 6.54 Å². The number of hydrogen-bond donors (Lipinski definition) is 1. The first-order valence-electron chi connectivity index (χ1n) is 9.68. The number of likely N-dealkylation sites (tertiary alicyclic amines) is 1. The van der Waals surface area contributed by atoms with Gasteiger partial charge in [-0.15, -0.1) is 0 Å². The summed E-state index contributed by atoms with van der Waals surface area (Å²) in [5.74, 6) is -1.10. The number of rotatable bonds is 3. The van der Waals surface area contributed by atoms with Crippen LogP contribution >= 0.6 is 0 Å². The zero-order valence-electron chi connectivity index (χ0n) is 16.5. The summed E-state index contributed by atoms with van der Waals surface area (Å²) in [6.45, 7) is 11.6. The molecule has 2 aliphatic rings. The summed E-state index contributed by atoms with van der Waals surface area (Å²) < 4.78 is 26.6. The van der Waals surface area contributed by atoms with Crippen molar-refractivity contribution < 1.29 is 13.6 Å². The molecule has 0 bridgehead atoms. The van der Waals surface area contributed by atoms with E-state index in [-0.39, 0.29) is 17.6 Å². The monoisotopic (exact) mass is 380 g/mol. The number of urea groups is 1. The minimum atomic E-state index is -0.552. The quantitative estimate of drug-likeness (QED) is 0.876. The van der Waals surface area contributed by atoms with Gasteiger partial charge in [0, 0.05) is 63.5 Å². The SMILES string of the molecule is CC(C)(C)N1CCC(NC(=O)N2CCN(Cc3cc(F)cc(F)c3)CC2)C1. The zero-order chi connectivity index (χ0) is 19.6. The van der Waals surface area contributed by atoms with E-state index < -0.39 is 11.6 Å². The molecule has 1 aromatic carbocycles. The predicted molar refractivity (Wildman–Crippen MR) is 101 cm³/mol. The Morgan fingerprint density at radius 1 is 1.07 bits per heavy atom. The average molecular weight is 380 g/mol. The number of benzene rings is 1. The summed E-state index contributed by atoms with van der Waals surface area (Å²) in [4.78, 5) is 18.9. The highest BCUT2D eigenvalue weighted by Gasteiger charge is 2.32. The minimum absolute atomic E-state index is 0.00721. The van der Waals surface area contributed by atoms with E-state index in [2.05, 4.69) is 35.9 Å². The normalized spacial score (nSPS) is 22.3. The maximum absolute atomic E-state index is 13.3. The lowest BCUT2D eigenvalue weighted by Gasteiger charge is -2.35. The van der Waals surface area contributed by atoms with Gasteiger partial charge >= 0.3 is 6.03 Å². The highest BCUT2D eigenvalue weighted by Crippen LogP contribution is 2.20. The third-order valence-electron chi connectivity index (χ3n) is 5.45. The number of nitrogens with zero attached hydrogens (tertiary/aromatic N) is 3. The molecule has 150 valence electrons. The van der Waals surface area contributed by atoms with Crippen LogP contribution in [-0.4, -0.2) is 71.6 Å². The molecule has 3 rings (SSSR count). The molecule has 2 aliphatic heterocycles. The van der Waals surface area contributed by atoms with Crippen molar-refractivity contribution in [3.63, 3.8) is 0 Å². The van der Waals surface area contributed by atoms with Crippen molar-refractivity contribution >= 4 is 6.03 Å². The Labute approximate surface area is 160 Å². The molecule has 2 amide bonds. The molecular weight excluding hydrogens is 350 g/mol. The van der Waals surface area contributed by atoms with E-state index in [1.165, 1.54) is 12.1 Å². The van der Waals surface area contributed by atoms with Crippen molar-refractivity contribution in [2.75, 3.05) is 39.3 Å². The number of hydrogen-bond acceptors (Lipinski definition) is 3. The van der Waals surface area contributed by atoms with Crippen molar-refractivity contribution in [2.45, 2.75) is 45.3 Å². The van der Waals surface area contributed by atoms with Gasteiger partial charge in [0.25, 0.3) is 0 Å². The molecule has 0 radical (unpaired) electrons. The van der Waals surface area contributed by atoms with Crippen LogP contribution in [0.3, 0.4) is 0 Å². The third-order valence-corrected chi connectivity index (χ3v) is 5.45. The van der Waals surface area contributed by atoms with Gasteiger partial charge in [0.05, 0.1) is 0 Å². The highest BCUT2D eigenvalue weighted by molar-refractivity contribution is 5.74. The molecule has 1 unspecified atom stereocenters. The van der Waals surface area contributed by atoms with Crippen molar-refractivity contribution in [3.05, 3.63) is 35.4 Å². The Hall–Kier alpha value is -1.73. The van der Waals surface area contributed by atoms with Gasteiger partial charge < -0.3 is 10.2 Å². The standard InChI is InChI=1S/C20H30F2N4O/c1-20(2,3)26-5-4-18(14-26)23-19(27)25-8-6-24(7-9-25)13-15-10-16(21)12-17(22)11-15/h10-12,18H,4-9,13-14H2,1-3H3,(H,23,27). The molecular formula is C20H30F2N4O. The Bertz CT molecular complexity index is 648. The summed E-state index contributed by atoms with van der Waals surface area (Å²) in [5, 5.41) is 3.16. The van der Waals surface area contributed by atoms with Crippen LogP contribution in [0.25, 0.3) is 0 Å². The fraction of sp³-hybridized carbons (Fsp3) is 0.650. The molecule has 7 heteroatoms. The summed E-state index contributed by atoms with van der Waals surface area (Å²) >= 11 is 0. The van der Waals surface area contributed by atoms with Gasteiger partial charge in [-0.1, -0.05) is 0 Å². The second-order valence-corrected chi connectivity index (χ2v) is 8.59. The van der Waals surface area contributed by atoms with Crippen LogP contribution in [0.15, 0.2) is 18.2 Å². The number of carbonyl (C=O) groups excluding carboxylic acids is 1. The average Bonchev–Trinajstić information content (AvgIpc) is 3.03. The summed E-state index contributed by atoms with van der Waals surface area (Å²) in [6, 6.07) is 3.81. The Balaban J connectivity index is 1.44. The summed E-state index contributed by atoms with van der Waals surface area (Å²) in [5.41, 5.74) is 0.750. The van der Waals surface area contributed by atoms with E-state index in [9.17, 15) is 13.6 Å². The minimum Gasteiger partial charge on any atom is -0.334 e. The number of halogens is 2. The van der Waals surface area contributed by atoms with E-state index in [1.54, 1.807) is 0 Å². The third kappa shape index (κ3) is 5.39. The number of amides is 2. The maximum Gasteiger partial charge on any atom is 0.317 e. The van der Waals surface area contributed by atoms with Crippen molar-refractivity contribution in [1.82, 2.24) is 20.0 Å². The van der Waals surface area contributed by atoms with Gasteiger partial charge in [-0.2, -0.15) is 0 Å². The van der Waals surface area contributed by atoms with E-state index in [0.29, 0.717) is 38.3 Å². The fourth-order valence-electron chi connectivity index (χ4n) is 3.82. The molecule has 2 heterocycles. The molecule has 0 spiro atoms. The van der Waals surface area contributed by atoms with Crippen molar-refractivity contribution in [1.29, 1.82) is 0 Å². The molecule has 2 saturated heterocycles. The lowest BCUT2D eigenvalue weighted by atomic mass is 10.1. The fourth-order valence-corrected chi connectivity index (χ4v) is 3.82. The van der Waals surface area contributed by atoms with Crippen LogP contribution in [0.2, 0.25) is 0 Å². The first-order chi connectivity index (χ1) is 12.7. The first kappa shape index (κ1) is 20.0. The van der Waals surface area contributed by atoms with E-state index in [1.807, 2.05) is 4.90 Å².